The molecule has 0 atom stereocenters. The molecule has 0 radical (unpaired) electrons. The monoisotopic (exact) mass is 317 g/mol. The normalized spacial score (nSPS) is 11.0. The van der Waals surface area contributed by atoms with Crippen LogP contribution in [0, 0.1) is 0 Å². The largest absolute Gasteiger partial charge is 0.294 e. The Morgan fingerprint density at radius 1 is 0.917 bits per heavy atom. The predicted molar refractivity (Wildman–Crippen MR) is 90.7 cm³/mol. The zero-order chi connectivity index (χ0) is 16.4. The van der Waals surface area contributed by atoms with Gasteiger partial charge in [-0.2, -0.15) is 5.10 Å². The summed E-state index contributed by atoms with van der Waals surface area (Å²) in [5, 5.41) is 4.89. The SMILES string of the molecule is O=c1c2cccnc2ncn1Cc1cnn(Cc2ccccc2)c1. The number of benzene rings is 1. The average Bonchev–Trinajstić information content (AvgIpc) is 3.05. The summed E-state index contributed by atoms with van der Waals surface area (Å²) in [6.45, 7) is 1.14. The first-order valence-electron chi connectivity index (χ1n) is 7.65. The standard InChI is InChI=1S/C18H15N5O/c24-18-16-7-4-8-19-17(16)20-13-22(18)10-15-9-21-23(12-15)11-14-5-2-1-3-6-14/h1-9,12-13H,10-11H2. The number of hydrogen-bond donors (Lipinski definition) is 0. The fraction of sp³-hybridized carbons (Fsp3) is 0.111. The second-order valence-corrected chi connectivity index (χ2v) is 5.58. The van der Waals surface area contributed by atoms with Crippen molar-refractivity contribution in [2.24, 2.45) is 0 Å². The van der Waals surface area contributed by atoms with Gasteiger partial charge < -0.3 is 0 Å². The van der Waals surface area contributed by atoms with Crippen LogP contribution in [0.25, 0.3) is 11.0 Å². The van der Waals surface area contributed by atoms with E-state index in [2.05, 4.69) is 27.2 Å². The van der Waals surface area contributed by atoms with Crippen LogP contribution >= 0.6 is 0 Å². The number of nitrogens with zero attached hydrogens (tertiary/aromatic N) is 5. The van der Waals surface area contributed by atoms with Gasteiger partial charge in [-0.3, -0.25) is 14.0 Å². The van der Waals surface area contributed by atoms with E-state index in [0.29, 0.717) is 24.1 Å². The van der Waals surface area contributed by atoms with Crippen LogP contribution in [0.15, 0.2) is 72.2 Å². The molecule has 6 heteroatoms. The zero-order valence-electron chi connectivity index (χ0n) is 12.9. The molecule has 6 nitrogen and oxygen atoms in total. The summed E-state index contributed by atoms with van der Waals surface area (Å²) in [4.78, 5) is 20.8. The van der Waals surface area contributed by atoms with Gasteiger partial charge in [0.2, 0.25) is 0 Å². The Morgan fingerprint density at radius 3 is 2.67 bits per heavy atom. The van der Waals surface area contributed by atoms with E-state index in [1.165, 1.54) is 11.9 Å². The van der Waals surface area contributed by atoms with Crippen molar-refractivity contribution >= 4 is 11.0 Å². The van der Waals surface area contributed by atoms with Crippen LogP contribution < -0.4 is 5.56 Å². The molecule has 0 fully saturated rings. The Hall–Kier alpha value is -3.28. The van der Waals surface area contributed by atoms with Gasteiger partial charge in [0.05, 0.1) is 24.7 Å². The molecule has 1 aromatic carbocycles. The van der Waals surface area contributed by atoms with Gasteiger partial charge in [0.1, 0.15) is 6.33 Å². The topological polar surface area (TPSA) is 65.6 Å². The smallest absolute Gasteiger partial charge is 0.263 e. The van der Waals surface area contributed by atoms with Crippen molar-refractivity contribution in [1.82, 2.24) is 24.3 Å². The maximum atomic E-state index is 12.5. The molecule has 0 saturated carbocycles. The van der Waals surface area contributed by atoms with Crippen molar-refractivity contribution in [3.8, 4) is 0 Å². The molecule has 3 heterocycles. The molecule has 0 aliphatic rings. The van der Waals surface area contributed by atoms with Crippen molar-refractivity contribution in [1.29, 1.82) is 0 Å². The average molecular weight is 317 g/mol. The lowest BCUT2D eigenvalue weighted by molar-refractivity contribution is 0.684. The van der Waals surface area contributed by atoms with Gasteiger partial charge in [-0.1, -0.05) is 30.3 Å². The summed E-state index contributed by atoms with van der Waals surface area (Å²) in [6.07, 6.45) is 6.90. The fourth-order valence-electron chi connectivity index (χ4n) is 2.65. The van der Waals surface area contributed by atoms with Crippen LogP contribution in [0.4, 0.5) is 0 Å². The Balaban J connectivity index is 1.58. The minimum Gasteiger partial charge on any atom is -0.294 e. The quantitative estimate of drug-likeness (QED) is 0.578. The van der Waals surface area contributed by atoms with E-state index < -0.39 is 0 Å². The number of aromatic nitrogens is 5. The van der Waals surface area contributed by atoms with Crippen LogP contribution in [0.3, 0.4) is 0 Å². The van der Waals surface area contributed by atoms with Gasteiger partial charge in [0, 0.05) is 18.0 Å². The lowest BCUT2D eigenvalue weighted by Crippen LogP contribution is -2.21. The van der Waals surface area contributed by atoms with E-state index in [4.69, 9.17) is 0 Å². The Bertz CT molecular complexity index is 1040. The molecular formula is C18H15N5O. The van der Waals surface area contributed by atoms with Crippen molar-refractivity contribution < 1.29 is 0 Å². The highest BCUT2D eigenvalue weighted by atomic mass is 16.1. The molecule has 0 amide bonds. The Kier molecular flexibility index (Phi) is 3.63. The van der Waals surface area contributed by atoms with Gasteiger partial charge in [-0.25, -0.2) is 9.97 Å². The number of hydrogen-bond acceptors (Lipinski definition) is 4. The minimum atomic E-state index is -0.0936. The fourth-order valence-corrected chi connectivity index (χ4v) is 2.65. The first kappa shape index (κ1) is 14.3. The lowest BCUT2D eigenvalue weighted by Gasteiger charge is -2.04. The molecule has 0 unspecified atom stereocenters. The number of rotatable bonds is 4. The molecule has 0 aliphatic carbocycles. The third-order valence-corrected chi connectivity index (χ3v) is 3.82. The van der Waals surface area contributed by atoms with E-state index in [-0.39, 0.29) is 5.56 Å². The van der Waals surface area contributed by atoms with Gasteiger partial charge in [-0.15, -0.1) is 0 Å². The Morgan fingerprint density at radius 2 is 1.79 bits per heavy atom. The third kappa shape index (κ3) is 2.81. The van der Waals surface area contributed by atoms with Gasteiger partial charge in [0.15, 0.2) is 5.65 Å². The van der Waals surface area contributed by atoms with E-state index in [9.17, 15) is 4.79 Å². The maximum Gasteiger partial charge on any atom is 0.263 e. The third-order valence-electron chi connectivity index (χ3n) is 3.82. The number of pyridine rings is 1. The van der Waals surface area contributed by atoms with Crippen molar-refractivity contribution in [3.05, 3.63) is 88.9 Å². The Labute approximate surface area is 138 Å². The van der Waals surface area contributed by atoms with Crippen molar-refractivity contribution in [3.63, 3.8) is 0 Å². The molecule has 0 N–H and O–H groups in total. The molecule has 24 heavy (non-hydrogen) atoms. The van der Waals surface area contributed by atoms with Crippen molar-refractivity contribution in [2.45, 2.75) is 13.1 Å². The van der Waals surface area contributed by atoms with Crippen LogP contribution in [0.1, 0.15) is 11.1 Å². The molecule has 3 aromatic heterocycles. The highest BCUT2D eigenvalue weighted by Crippen LogP contribution is 2.06. The predicted octanol–water partition coefficient (Wildman–Crippen LogP) is 2.08. The summed E-state index contributed by atoms with van der Waals surface area (Å²) < 4.78 is 3.44. The molecule has 118 valence electrons. The molecule has 0 saturated heterocycles. The lowest BCUT2D eigenvalue weighted by atomic mass is 10.2. The molecule has 0 bridgehead atoms. The zero-order valence-corrected chi connectivity index (χ0v) is 12.9. The maximum absolute atomic E-state index is 12.5. The summed E-state index contributed by atoms with van der Waals surface area (Å²) >= 11 is 0. The highest BCUT2D eigenvalue weighted by molar-refractivity contribution is 5.72. The molecule has 0 spiro atoms. The highest BCUT2D eigenvalue weighted by Gasteiger charge is 2.06. The summed E-state index contributed by atoms with van der Waals surface area (Å²) in [5.41, 5.74) is 2.52. The summed E-state index contributed by atoms with van der Waals surface area (Å²) in [7, 11) is 0. The van der Waals surface area contributed by atoms with Crippen LogP contribution in [0.5, 0.6) is 0 Å². The second-order valence-electron chi connectivity index (χ2n) is 5.58. The van der Waals surface area contributed by atoms with Crippen LogP contribution in [-0.4, -0.2) is 24.3 Å². The van der Waals surface area contributed by atoms with E-state index in [1.54, 1.807) is 29.1 Å². The van der Waals surface area contributed by atoms with E-state index in [1.807, 2.05) is 29.1 Å². The molecule has 4 rings (SSSR count). The molecular weight excluding hydrogens is 302 g/mol. The first-order valence-corrected chi connectivity index (χ1v) is 7.65. The van der Waals surface area contributed by atoms with E-state index >= 15 is 0 Å². The van der Waals surface area contributed by atoms with Crippen LogP contribution in [0.2, 0.25) is 0 Å². The summed E-state index contributed by atoms with van der Waals surface area (Å²) in [6, 6.07) is 13.6. The van der Waals surface area contributed by atoms with Gasteiger partial charge >= 0.3 is 0 Å². The van der Waals surface area contributed by atoms with Gasteiger partial charge in [-0.05, 0) is 17.7 Å². The van der Waals surface area contributed by atoms with Crippen LogP contribution in [-0.2, 0) is 13.1 Å². The summed E-state index contributed by atoms with van der Waals surface area (Å²) in [5.74, 6) is 0. The molecule has 0 aliphatic heterocycles. The molecule has 4 aromatic rings. The second kappa shape index (κ2) is 6.08. The van der Waals surface area contributed by atoms with Crippen molar-refractivity contribution in [2.75, 3.05) is 0 Å². The minimum absolute atomic E-state index is 0.0936. The first-order chi connectivity index (χ1) is 11.8. The number of fused-ring (bicyclic) bond motifs is 1. The van der Waals surface area contributed by atoms with E-state index in [0.717, 1.165) is 5.56 Å². The van der Waals surface area contributed by atoms with Gasteiger partial charge in [0.25, 0.3) is 5.56 Å².